The normalized spacial score (nSPS) is 18.6. The van der Waals surface area contributed by atoms with E-state index in [1.807, 2.05) is 6.92 Å². The van der Waals surface area contributed by atoms with Crippen LogP contribution in [0.3, 0.4) is 0 Å². The molecule has 0 saturated carbocycles. The van der Waals surface area contributed by atoms with Gasteiger partial charge in [-0.25, -0.2) is 0 Å². The van der Waals surface area contributed by atoms with Gasteiger partial charge in [-0.1, -0.05) is 42.0 Å². The molecule has 1 aromatic heterocycles. The van der Waals surface area contributed by atoms with Crippen molar-refractivity contribution in [3.8, 4) is 5.75 Å². The van der Waals surface area contributed by atoms with E-state index >= 15 is 0 Å². The average Bonchev–Trinajstić information content (AvgIpc) is 3.35. The second kappa shape index (κ2) is 9.87. The van der Waals surface area contributed by atoms with Crippen molar-refractivity contribution in [1.29, 1.82) is 0 Å². The number of nitrogens with zero attached hydrogens (tertiary/aromatic N) is 4. The Labute approximate surface area is 207 Å². The zero-order valence-electron chi connectivity index (χ0n) is 19.4. The van der Waals surface area contributed by atoms with Gasteiger partial charge in [0, 0.05) is 12.8 Å². The van der Waals surface area contributed by atoms with Crippen LogP contribution in [0.1, 0.15) is 36.0 Å². The maximum atomic E-state index is 14.7. The molecule has 1 amide bonds. The molecule has 13 heteroatoms. The molecular formula is C24H21F6N5O2. The molecule has 1 atom stereocenters. The minimum atomic E-state index is -4.92. The minimum absolute atomic E-state index is 0.0841. The van der Waals surface area contributed by atoms with E-state index < -0.39 is 36.6 Å². The van der Waals surface area contributed by atoms with Crippen LogP contribution < -0.4 is 10.1 Å². The lowest BCUT2D eigenvalue weighted by atomic mass is 9.77. The molecule has 7 nitrogen and oxygen atoms in total. The molecule has 2 heterocycles. The number of alkyl halides is 6. The summed E-state index contributed by atoms with van der Waals surface area (Å²) in [5.74, 6) is -0.923. The molecule has 0 radical (unpaired) electrons. The number of benzene rings is 2. The maximum absolute atomic E-state index is 14.7. The highest BCUT2D eigenvalue weighted by Crippen LogP contribution is 2.49. The van der Waals surface area contributed by atoms with Crippen LogP contribution in [0, 0.1) is 6.92 Å². The van der Waals surface area contributed by atoms with Crippen molar-refractivity contribution >= 4 is 17.2 Å². The van der Waals surface area contributed by atoms with Gasteiger partial charge in [-0.15, -0.1) is 5.10 Å². The number of halogens is 6. The lowest BCUT2D eigenvalue weighted by molar-refractivity contribution is -0.201. The minimum Gasteiger partial charge on any atom is -0.494 e. The summed E-state index contributed by atoms with van der Waals surface area (Å²) in [6, 6.07) is 11.4. The molecular weight excluding hydrogens is 504 g/mol. The van der Waals surface area contributed by atoms with Gasteiger partial charge < -0.3 is 10.1 Å². The van der Waals surface area contributed by atoms with Crippen LogP contribution in [0.4, 0.5) is 26.3 Å². The van der Waals surface area contributed by atoms with E-state index in [-0.39, 0.29) is 35.6 Å². The summed E-state index contributed by atoms with van der Waals surface area (Å²) < 4.78 is 87.3. The highest BCUT2D eigenvalue weighted by Gasteiger charge is 2.59. The lowest BCUT2D eigenvalue weighted by Crippen LogP contribution is -2.58. The Morgan fingerprint density at radius 1 is 1.03 bits per heavy atom. The van der Waals surface area contributed by atoms with E-state index in [0.29, 0.717) is 5.56 Å². The number of carbonyl (C=O) groups excluding carboxylic acids is 1. The summed E-state index contributed by atoms with van der Waals surface area (Å²) in [6.07, 6.45) is -10.1. The molecule has 196 valence electrons. The molecule has 1 aliphatic rings. The Morgan fingerprint density at radius 2 is 1.70 bits per heavy atom. The Bertz CT molecular complexity index is 1270. The second-order valence-corrected chi connectivity index (χ2v) is 8.57. The number of nitrogens with one attached hydrogen (secondary N) is 1. The van der Waals surface area contributed by atoms with Gasteiger partial charge in [0.15, 0.2) is 5.54 Å². The summed E-state index contributed by atoms with van der Waals surface area (Å²) in [4.78, 5) is 13.2. The third-order valence-corrected chi connectivity index (χ3v) is 5.95. The highest BCUT2D eigenvalue weighted by atomic mass is 19.4. The van der Waals surface area contributed by atoms with Gasteiger partial charge in [-0.3, -0.25) is 4.79 Å². The van der Waals surface area contributed by atoms with E-state index in [0.717, 1.165) is 28.7 Å². The van der Waals surface area contributed by atoms with Crippen LogP contribution in [0.5, 0.6) is 5.75 Å². The van der Waals surface area contributed by atoms with Gasteiger partial charge in [-0.2, -0.15) is 31.0 Å². The van der Waals surface area contributed by atoms with Gasteiger partial charge >= 0.3 is 12.4 Å². The summed E-state index contributed by atoms with van der Waals surface area (Å²) in [7, 11) is 0. The third-order valence-electron chi connectivity index (χ3n) is 5.95. The Morgan fingerprint density at radius 3 is 2.27 bits per heavy atom. The first-order valence-corrected chi connectivity index (χ1v) is 11.1. The molecule has 1 aliphatic heterocycles. The zero-order valence-corrected chi connectivity index (χ0v) is 19.4. The van der Waals surface area contributed by atoms with Crippen molar-refractivity contribution in [1.82, 2.24) is 25.5 Å². The van der Waals surface area contributed by atoms with Crippen molar-refractivity contribution in [2.45, 2.75) is 44.1 Å². The molecule has 4 rings (SSSR count). The molecule has 0 aliphatic carbocycles. The van der Waals surface area contributed by atoms with Crippen molar-refractivity contribution in [2.75, 3.05) is 6.61 Å². The van der Waals surface area contributed by atoms with Crippen LogP contribution in [0.25, 0.3) is 11.3 Å². The number of tetrazole rings is 1. The van der Waals surface area contributed by atoms with Gasteiger partial charge in [0.25, 0.3) is 5.91 Å². The van der Waals surface area contributed by atoms with Crippen LogP contribution in [0.15, 0.2) is 54.9 Å². The predicted molar refractivity (Wildman–Crippen MR) is 120 cm³/mol. The van der Waals surface area contributed by atoms with Crippen LogP contribution >= 0.6 is 0 Å². The Balaban J connectivity index is 1.71. The SMILES string of the molecule is Cc1ccc(C2=C(n3cnnn3)C(=O)N[C@@](c3ccc(OCCCC(F)(F)F)cc3)(C(F)(F)F)C2)cc1. The van der Waals surface area contributed by atoms with E-state index in [2.05, 4.69) is 20.8 Å². The third kappa shape index (κ3) is 5.59. The Hall–Kier alpha value is -3.90. The van der Waals surface area contributed by atoms with Crippen molar-refractivity contribution < 1.29 is 35.9 Å². The van der Waals surface area contributed by atoms with E-state index in [1.165, 1.54) is 12.1 Å². The fourth-order valence-corrected chi connectivity index (χ4v) is 4.09. The number of hydrogen-bond acceptors (Lipinski definition) is 5. The quantitative estimate of drug-likeness (QED) is 0.345. The van der Waals surface area contributed by atoms with Crippen LogP contribution in [0.2, 0.25) is 0 Å². The smallest absolute Gasteiger partial charge is 0.416 e. The van der Waals surface area contributed by atoms with Crippen LogP contribution in [-0.4, -0.2) is 45.1 Å². The molecule has 0 unspecified atom stereocenters. The fourth-order valence-electron chi connectivity index (χ4n) is 4.09. The van der Waals surface area contributed by atoms with E-state index in [4.69, 9.17) is 4.74 Å². The number of carbonyl (C=O) groups is 1. The highest BCUT2D eigenvalue weighted by molar-refractivity contribution is 6.23. The first kappa shape index (κ1) is 26.2. The predicted octanol–water partition coefficient (Wildman–Crippen LogP) is 5.05. The van der Waals surface area contributed by atoms with E-state index in [9.17, 15) is 31.1 Å². The summed E-state index contributed by atoms with van der Waals surface area (Å²) in [5.41, 5.74) is -1.85. The average molecular weight is 525 g/mol. The molecule has 37 heavy (non-hydrogen) atoms. The summed E-state index contributed by atoms with van der Waals surface area (Å²) in [5, 5.41) is 12.8. The molecule has 0 fully saturated rings. The van der Waals surface area contributed by atoms with Crippen molar-refractivity contribution in [3.63, 3.8) is 0 Å². The van der Waals surface area contributed by atoms with Crippen molar-refractivity contribution in [3.05, 3.63) is 71.5 Å². The van der Waals surface area contributed by atoms with E-state index in [1.54, 1.807) is 24.3 Å². The Kier molecular flexibility index (Phi) is 6.98. The summed E-state index contributed by atoms with van der Waals surface area (Å²) >= 11 is 0. The van der Waals surface area contributed by atoms with Gasteiger partial charge in [0.2, 0.25) is 0 Å². The number of aromatic nitrogens is 4. The van der Waals surface area contributed by atoms with Crippen molar-refractivity contribution in [2.24, 2.45) is 0 Å². The number of aryl methyl sites for hydroxylation is 1. The number of amides is 1. The molecule has 0 bridgehead atoms. The first-order valence-electron chi connectivity index (χ1n) is 11.1. The zero-order chi connectivity index (χ0) is 26.8. The standard InChI is InChI=1S/C24H21F6N5O2/c1-15-3-5-16(6-4-15)19-13-22(24(28,29)30,32-21(36)20(19)35-14-31-33-34-35)17-7-9-18(10-8-17)37-12-2-11-23(25,26)27/h3-10,14H,2,11-13H2,1H3,(H,32,36)/t22-/m0/s1. The van der Waals surface area contributed by atoms with Gasteiger partial charge in [-0.05, 0) is 52.6 Å². The monoisotopic (exact) mass is 525 g/mol. The lowest BCUT2D eigenvalue weighted by Gasteiger charge is -2.41. The molecule has 3 aromatic rings. The number of ether oxygens (including phenoxy) is 1. The van der Waals surface area contributed by atoms with Gasteiger partial charge in [0.05, 0.1) is 6.61 Å². The number of hydrogen-bond donors (Lipinski definition) is 1. The largest absolute Gasteiger partial charge is 0.494 e. The van der Waals surface area contributed by atoms with Crippen LogP contribution in [-0.2, 0) is 10.3 Å². The fraction of sp³-hybridized carbons (Fsp3) is 0.333. The maximum Gasteiger partial charge on any atom is 0.416 e. The second-order valence-electron chi connectivity index (χ2n) is 8.57. The summed E-state index contributed by atoms with van der Waals surface area (Å²) in [6.45, 7) is 1.57. The topological polar surface area (TPSA) is 81.9 Å². The molecule has 1 N–H and O–H groups in total. The first-order chi connectivity index (χ1) is 17.4. The molecule has 0 saturated heterocycles. The molecule has 0 spiro atoms. The molecule has 2 aromatic carbocycles. The number of rotatable bonds is 7. The van der Waals surface area contributed by atoms with Gasteiger partial charge in [0.1, 0.15) is 17.8 Å².